The van der Waals surface area contributed by atoms with Crippen LogP contribution in [0, 0.1) is 13.8 Å². The number of nitrogens with one attached hydrogen (secondary N) is 1. The summed E-state index contributed by atoms with van der Waals surface area (Å²) in [5.74, 6) is -0.922. The summed E-state index contributed by atoms with van der Waals surface area (Å²) in [6.07, 6.45) is 0.615. The molecule has 0 unspecified atom stereocenters. The highest BCUT2D eigenvalue weighted by atomic mass is 32.2. The molecule has 3 rings (SSSR count). The summed E-state index contributed by atoms with van der Waals surface area (Å²) in [6, 6.07) is 12.8. The minimum atomic E-state index is -3.72. The molecule has 154 valence electrons. The zero-order valence-electron chi connectivity index (χ0n) is 16.5. The number of aryl methyl sites for hydroxylation is 2. The maximum atomic E-state index is 12.4. The van der Waals surface area contributed by atoms with Gasteiger partial charge in [0.15, 0.2) is 6.61 Å². The number of hydrogen-bond donors (Lipinski definition) is 1. The third-order valence-corrected chi connectivity index (χ3v) is 6.40. The van der Waals surface area contributed by atoms with Crippen LogP contribution in [0.1, 0.15) is 23.1 Å². The molecule has 1 aliphatic heterocycles. The first-order valence-electron chi connectivity index (χ1n) is 9.39. The van der Waals surface area contributed by atoms with Crippen LogP contribution in [0.5, 0.6) is 0 Å². The van der Waals surface area contributed by atoms with Gasteiger partial charge >= 0.3 is 5.97 Å². The Labute approximate surface area is 170 Å². The summed E-state index contributed by atoms with van der Waals surface area (Å²) in [7, 11) is -3.72. The lowest BCUT2D eigenvalue weighted by Gasteiger charge is -2.17. The van der Waals surface area contributed by atoms with E-state index < -0.39 is 16.0 Å². The highest BCUT2D eigenvalue weighted by Crippen LogP contribution is 2.27. The Bertz CT molecular complexity index is 1030. The first-order valence-corrected chi connectivity index (χ1v) is 10.9. The van der Waals surface area contributed by atoms with Gasteiger partial charge in [0.05, 0.1) is 11.3 Å². The highest BCUT2D eigenvalue weighted by Gasteiger charge is 2.25. The number of hydrogen-bond acceptors (Lipinski definition) is 5. The lowest BCUT2D eigenvalue weighted by atomic mass is 10.2. The van der Waals surface area contributed by atoms with Crippen LogP contribution in [-0.2, 0) is 30.8 Å². The number of benzene rings is 2. The van der Waals surface area contributed by atoms with E-state index in [0.717, 1.165) is 23.2 Å². The van der Waals surface area contributed by atoms with Crippen molar-refractivity contribution in [3.63, 3.8) is 0 Å². The highest BCUT2D eigenvalue weighted by molar-refractivity contribution is 7.89. The van der Waals surface area contributed by atoms with Gasteiger partial charge in [0.2, 0.25) is 10.0 Å². The Morgan fingerprint density at radius 2 is 1.90 bits per heavy atom. The number of esters is 1. The van der Waals surface area contributed by atoms with Gasteiger partial charge in [-0.1, -0.05) is 30.3 Å². The molecule has 0 saturated heterocycles. The molecule has 0 bridgehead atoms. The van der Waals surface area contributed by atoms with E-state index in [1.807, 2.05) is 37.3 Å². The molecule has 0 atom stereocenters. The van der Waals surface area contributed by atoms with E-state index in [0.29, 0.717) is 12.1 Å². The van der Waals surface area contributed by atoms with Gasteiger partial charge in [-0.15, -0.1) is 0 Å². The summed E-state index contributed by atoms with van der Waals surface area (Å²) in [5, 5.41) is 0. The van der Waals surface area contributed by atoms with Crippen LogP contribution in [0.2, 0.25) is 0 Å². The minimum absolute atomic E-state index is 0.102. The molecule has 2 aromatic carbocycles. The van der Waals surface area contributed by atoms with E-state index in [1.165, 1.54) is 0 Å². The van der Waals surface area contributed by atoms with E-state index in [9.17, 15) is 18.0 Å². The molecule has 1 amide bonds. The average Bonchev–Trinajstić information content (AvgIpc) is 3.12. The second-order valence-corrected chi connectivity index (χ2v) is 8.74. The summed E-state index contributed by atoms with van der Waals surface area (Å²) in [6.45, 7) is 3.62. The minimum Gasteiger partial charge on any atom is -0.456 e. The maximum absolute atomic E-state index is 12.4. The molecule has 1 aliphatic rings. The number of sulfonamides is 1. The molecule has 7 nitrogen and oxygen atoms in total. The maximum Gasteiger partial charge on any atom is 0.307 e. The Balaban J connectivity index is 1.47. The molecule has 1 N–H and O–H groups in total. The van der Waals surface area contributed by atoms with Gasteiger partial charge in [-0.3, -0.25) is 9.59 Å². The smallest absolute Gasteiger partial charge is 0.307 e. The van der Waals surface area contributed by atoms with Crippen molar-refractivity contribution >= 4 is 27.6 Å². The van der Waals surface area contributed by atoms with Crippen molar-refractivity contribution in [1.82, 2.24) is 4.72 Å². The summed E-state index contributed by atoms with van der Waals surface area (Å²) in [4.78, 5) is 26.1. The van der Waals surface area contributed by atoms with E-state index in [4.69, 9.17) is 4.74 Å². The molecule has 0 spiro atoms. The number of rotatable bonds is 7. The van der Waals surface area contributed by atoms with Gasteiger partial charge in [0.25, 0.3) is 5.91 Å². The van der Waals surface area contributed by atoms with Gasteiger partial charge < -0.3 is 9.64 Å². The third kappa shape index (κ3) is 5.02. The van der Waals surface area contributed by atoms with Crippen molar-refractivity contribution in [2.75, 3.05) is 24.6 Å². The van der Waals surface area contributed by atoms with Crippen LogP contribution in [0.4, 0.5) is 5.69 Å². The van der Waals surface area contributed by atoms with Crippen LogP contribution in [-0.4, -0.2) is 40.0 Å². The fraction of sp³-hybridized carbons (Fsp3) is 0.333. The second-order valence-electron chi connectivity index (χ2n) is 7.00. The number of fused-ring (bicyclic) bond motifs is 1. The number of carbonyl (C=O) groups is 2. The molecule has 0 radical (unpaired) electrons. The van der Waals surface area contributed by atoms with Gasteiger partial charge in [0.1, 0.15) is 0 Å². The SMILES string of the molecule is Cc1ccc(C)c(S(=O)(=O)NCCC(=O)OCC(=O)N2CCc3ccccc32)c1. The van der Waals surface area contributed by atoms with Crippen molar-refractivity contribution in [2.24, 2.45) is 0 Å². The first-order chi connectivity index (χ1) is 13.8. The third-order valence-electron chi connectivity index (χ3n) is 4.80. The second kappa shape index (κ2) is 8.75. The molecule has 0 aliphatic carbocycles. The van der Waals surface area contributed by atoms with Gasteiger partial charge in [0, 0.05) is 18.8 Å². The van der Waals surface area contributed by atoms with Crippen molar-refractivity contribution in [1.29, 1.82) is 0 Å². The number of amides is 1. The van der Waals surface area contributed by atoms with Crippen molar-refractivity contribution in [3.05, 3.63) is 59.2 Å². The fourth-order valence-electron chi connectivity index (χ4n) is 3.25. The average molecular weight is 416 g/mol. The van der Waals surface area contributed by atoms with E-state index in [2.05, 4.69) is 4.72 Å². The number of nitrogens with zero attached hydrogens (tertiary/aromatic N) is 1. The lowest BCUT2D eigenvalue weighted by Crippen LogP contribution is -2.33. The predicted octanol–water partition coefficient (Wildman–Crippen LogP) is 2.10. The number of anilines is 1. The number of para-hydroxylation sites is 1. The quantitative estimate of drug-likeness (QED) is 0.698. The zero-order chi connectivity index (χ0) is 21.0. The number of ether oxygens (including phenoxy) is 1. The van der Waals surface area contributed by atoms with E-state index in [1.54, 1.807) is 24.0 Å². The molecule has 0 aromatic heterocycles. The predicted molar refractivity (Wildman–Crippen MR) is 109 cm³/mol. The molecule has 0 saturated carbocycles. The van der Waals surface area contributed by atoms with Crippen LogP contribution < -0.4 is 9.62 Å². The molecular weight excluding hydrogens is 392 g/mol. The Morgan fingerprint density at radius 3 is 2.69 bits per heavy atom. The topological polar surface area (TPSA) is 92.8 Å². The van der Waals surface area contributed by atoms with Crippen LogP contribution >= 0.6 is 0 Å². The normalized spacial score (nSPS) is 13.2. The summed E-state index contributed by atoms with van der Waals surface area (Å²) in [5.41, 5.74) is 3.39. The first kappa shape index (κ1) is 21.0. The largest absolute Gasteiger partial charge is 0.456 e. The van der Waals surface area contributed by atoms with Crippen LogP contribution in [0.3, 0.4) is 0 Å². The number of carbonyl (C=O) groups excluding carboxylic acids is 2. The molecule has 8 heteroatoms. The van der Waals surface area contributed by atoms with Crippen molar-refractivity contribution < 1.29 is 22.7 Å². The van der Waals surface area contributed by atoms with E-state index in [-0.39, 0.29) is 30.4 Å². The molecular formula is C21H24N2O5S. The monoisotopic (exact) mass is 416 g/mol. The zero-order valence-corrected chi connectivity index (χ0v) is 17.3. The summed E-state index contributed by atoms with van der Waals surface area (Å²) >= 11 is 0. The van der Waals surface area contributed by atoms with Gasteiger partial charge in [-0.25, -0.2) is 13.1 Å². The Kier molecular flexibility index (Phi) is 6.34. The Hall–Kier alpha value is -2.71. The van der Waals surface area contributed by atoms with Gasteiger partial charge in [-0.05, 0) is 49.1 Å². The lowest BCUT2D eigenvalue weighted by molar-refractivity contribution is -0.147. The summed E-state index contributed by atoms with van der Waals surface area (Å²) < 4.78 is 32.3. The fourth-order valence-corrected chi connectivity index (χ4v) is 4.61. The van der Waals surface area contributed by atoms with Gasteiger partial charge in [-0.2, -0.15) is 0 Å². The molecule has 2 aromatic rings. The molecule has 0 fully saturated rings. The van der Waals surface area contributed by atoms with E-state index >= 15 is 0 Å². The standard InChI is InChI=1S/C21H24N2O5S/c1-15-7-8-16(2)19(13-15)29(26,27)22-11-9-21(25)28-14-20(24)23-12-10-17-5-3-4-6-18(17)23/h3-8,13,22H,9-12,14H2,1-2H3. The Morgan fingerprint density at radius 1 is 1.14 bits per heavy atom. The van der Waals surface area contributed by atoms with Crippen molar-refractivity contribution in [2.45, 2.75) is 31.6 Å². The van der Waals surface area contributed by atoms with Crippen LogP contribution in [0.15, 0.2) is 47.4 Å². The van der Waals surface area contributed by atoms with Crippen LogP contribution in [0.25, 0.3) is 0 Å². The molecule has 1 heterocycles. The molecule has 29 heavy (non-hydrogen) atoms. The van der Waals surface area contributed by atoms with Crippen molar-refractivity contribution in [3.8, 4) is 0 Å².